The highest BCUT2D eigenvalue weighted by atomic mass is 14.7. The number of hydrogen-bond donors (Lipinski definition) is 0. The lowest BCUT2D eigenvalue weighted by atomic mass is 9.86. The van der Waals surface area contributed by atoms with Gasteiger partial charge in [0.05, 0.1) is 33.6 Å². The van der Waals surface area contributed by atoms with Crippen LogP contribution in [0.2, 0.25) is 0 Å². The van der Waals surface area contributed by atoms with Gasteiger partial charge in [0.25, 0.3) is 0 Å². The molecule has 24 aromatic rings. The summed E-state index contributed by atoms with van der Waals surface area (Å²) in [5.41, 5.74) is 18.8. The van der Waals surface area contributed by atoms with E-state index in [4.69, 9.17) is 15.0 Å². The van der Waals surface area contributed by atoms with Crippen LogP contribution < -0.4 is 0 Å². The third-order valence-corrected chi connectivity index (χ3v) is 24.0. The molecular formula is C111H67N3. The summed E-state index contributed by atoms with van der Waals surface area (Å²) >= 11 is 0. The third-order valence-electron chi connectivity index (χ3n) is 24.0. The van der Waals surface area contributed by atoms with Gasteiger partial charge in [-0.15, -0.1) is 0 Å². The fraction of sp³-hybridized carbons (Fsp3) is 0. The van der Waals surface area contributed by atoms with Gasteiger partial charge in [-0.2, -0.15) is 0 Å². The quantitative estimate of drug-likeness (QED) is 0.149. The van der Waals surface area contributed by atoms with Crippen LogP contribution in [0.3, 0.4) is 0 Å². The molecule has 24 rings (SSSR count). The molecule has 0 atom stereocenters. The first-order valence-corrected chi connectivity index (χ1v) is 39.3. The third kappa shape index (κ3) is 10.5. The molecule has 3 heteroatoms. The van der Waals surface area contributed by atoms with Crippen LogP contribution in [0.4, 0.5) is 0 Å². The minimum Gasteiger partial charge on any atom is -0.248 e. The molecule has 0 aliphatic carbocycles. The Morgan fingerprint density at radius 1 is 0.123 bits per heavy atom. The van der Waals surface area contributed by atoms with E-state index in [1.165, 1.54) is 157 Å². The summed E-state index contributed by atoms with van der Waals surface area (Å²) < 4.78 is 0. The maximum Gasteiger partial charge on any atom is 0.0794 e. The van der Waals surface area contributed by atoms with Crippen molar-refractivity contribution in [2.75, 3.05) is 0 Å². The second kappa shape index (κ2) is 26.4. The molecule has 114 heavy (non-hydrogen) atoms. The fourth-order valence-electron chi connectivity index (χ4n) is 18.7. The molecule has 0 saturated carbocycles. The van der Waals surface area contributed by atoms with E-state index in [2.05, 4.69) is 400 Å². The van der Waals surface area contributed by atoms with Crippen molar-refractivity contribution in [1.29, 1.82) is 0 Å². The SMILES string of the molecule is c1ccc2c(c1)cc(-c1cc(-c3cc4ccccc4c4ccccc34)c3cc(-c4cc5ccccc5c5ccccc45)c4ccccc4c3n1)c1ccccc12.c1ccc2nc(-c3ccc(-c4cc5c(-c6cc7ccccc7c7ccccc67)cc(-c6cc7ccccc7c7ccccc67)nc5c5ccccc45)cc3)ccc2c1. The highest BCUT2D eigenvalue weighted by molar-refractivity contribution is 6.26. The van der Waals surface area contributed by atoms with Crippen molar-refractivity contribution >= 4 is 162 Å². The van der Waals surface area contributed by atoms with Gasteiger partial charge in [0, 0.05) is 43.6 Å². The molecule has 3 nitrogen and oxygen atoms in total. The highest BCUT2D eigenvalue weighted by Gasteiger charge is 2.24. The van der Waals surface area contributed by atoms with Crippen molar-refractivity contribution in [3.63, 3.8) is 0 Å². The van der Waals surface area contributed by atoms with Gasteiger partial charge in [-0.3, -0.25) is 0 Å². The van der Waals surface area contributed by atoms with Crippen molar-refractivity contribution in [2.45, 2.75) is 0 Å². The summed E-state index contributed by atoms with van der Waals surface area (Å²) in [5, 5.41) is 32.8. The summed E-state index contributed by atoms with van der Waals surface area (Å²) in [6.45, 7) is 0. The number of para-hydroxylation sites is 1. The van der Waals surface area contributed by atoms with Crippen molar-refractivity contribution in [2.24, 2.45) is 0 Å². The number of fused-ring (bicyclic) bond motifs is 22. The van der Waals surface area contributed by atoms with Crippen molar-refractivity contribution in [1.82, 2.24) is 15.0 Å². The Bertz CT molecular complexity index is 8180. The van der Waals surface area contributed by atoms with Gasteiger partial charge >= 0.3 is 0 Å². The number of rotatable bonds is 7. The van der Waals surface area contributed by atoms with Gasteiger partial charge in [-0.1, -0.05) is 340 Å². The van der Waals surface area contributed by atoms with Gasteiger partial charge in [0.2, 0.25) is 0 Å². The summed E-state index contributed by atoms with van der Waals surface area (Å²) in [6, 6.07) is 148. The molecule has 0 spiro atoms. The van der Waals surface area contributed by atoms with E-state index in [0.29, 0.717) is 0 Å². The van der Waals surface area contributed by atoms with Crippen molar-refractivity contribution < 1.29 is 0 Å². The summed E-state index contributed by atoms with van der Waals surface area (Å²) in [7, 11) is 0. The zero-order chi connectivity index (χ0) is 74.9. The smallest absolute Gasteiger partial charge is 0.0794 e. The van der Waals surface area contributed by atoms with Crippen LogP contribution in [0.15, 0.2) is 406 Å². The lowest BCUT2D eigenvalue weighted by molar-refractivity contribution is 1.40. The van der Waals surface area contributed by atoms with Gasteiger partial charge in [-0.05, 0) is 230 Å². The Balaban J connectivity index is 0.000000135. The van der Waals surface area contributed by atoms with Gasteiger partial charge in [0.15, 0.2) is 0 Å². The Labute approximate surface area is 657 Å². The van der Waals surface area contributed by atoms with Crippen LogP contribution in [-0.4, -0.2) is 15.0 Å². The second-order valence-corrected chi connectivity index (χ2v) is 30.3. The minimum atomic E-state index is 0.965. The van der Waals surface area contributed by atoms with Crippen LogP contribution in [0.5, 0.6) is 0 Å². The lowest BCUT2D eigenvalue weighted by Crippen LogP contribution is -1.95. The monoisotopic (exact) mass is 1440 g/mol. The van der Waals surface area contributed by atoms with Gasteiger partial charge in [0.1, 0.15) is 0 Å². The molecular weight excluding hydrogens is 1380 g/mol. The molecule has 3 aromatic heterocycles. The number of benzene rings is 21. The van der Waals surface area contributed by atoms with Gasteiger partial charge in [-0.25, -0.2) is 15.0 Å². The normalized spacial score (nSPS) is 11.9. The number of nitrogens with zero attached hydrogens (tertiary/aromatic N) is 3. The van der Waals surface area contributed by atoms with E-state index < -0.39 is 0 Å². The average Bonchev–Trinajstić information content (AvgIpc) is 0.721. The van der Waals surface area contributed by atoms with Crippen molar-refractivity contribution in [3.8, 4) is 78.3 Å². The Kier molecular flexibility index (Phi) is 15.0. The lowest BCUT2D eigenvalue weighted by Gasteiger charge is -2.19. The highest BCUT2D eigenvalue weighted by Crippen LogP contribution is 2.50. The molecule has 0 radical (unpaired) electrons. The van der Waals surface area contributed by atoms with Crippen LogP contribution >= 0.6 is 0 Å². The van der Waals surface area contributed by atoms with Crippen LogP contribution in [0.1, 0.15) is 0 Å². The predicted molar refractivity (Wildman–Crippen MR) is 487 cm³/mol. The molecule has 0 saturated heterocycles. The summed E-state index contributed by atoms with van der Waals surface area (Å²) in [6.07, 6.45) is 0. The molecule has 0 unspecified atom stereocenters. The molecule has 526 valence electrons. The van der Waals surface area contributed by atoms with Gasteiger partial charge < -0.3 is 0 Å². The molecule has 0 amide bonds. The molecule has 21 aromatic carbocycles. The van der Waals surface area contributed by atoms with E-state index >= 15 is 0 Å². The molecule has 0 aliphatic heterocycles. The van der Waals surface area contributed by atoms with E-state index in [1.807, 2.05) is 6.07 Å². The van der Waals surface area contributed by atoms with E-state index in [9.17, 15) is 0 Å². The number of hydrogen-bond acceptors (Lipinski definition) is 3. The average molecular weight is 1440 g/mol. The minimum absolute atomic E-state index is 0.965. The largest absolute Gasteiger partial charge is 0.248 e. The van der Waals surface area contributed by atoms with Crippen LogP contribution in [0.25, 0.3) is 240 Å². The first-order valence-electron chi connectivity index (χ1n) is 39.3. The summed E-state index contributed by atoms with van der Waals surface area (Å²) in [4.78, 5) is 16.4. The molecule has 0 aliphatic rings. The topological polar surface area (TPSA) is 38.7 Å². The second-order valence-electron chi connectivity index (χ2n) is 30.3. The first-order chi connectivity index (χ1) is 56.5. The van der Waals surface area contributed by atoms with E-state index in [-0.39, 0.29) is 0 Å². The van der Waals surface area contributed by atoms with Crippen LogP contribution in [-0.2, 0) is 0 Å². The maximum absolute atomic E-state index is 5.71. The molecule has 0 bridgehead atoms. The first kappa shape index (κ1) is 64.9. The van der Waals surface area contributed by atoms with E-state index in [0.717, 1.165) is 82.8 Å². The zero-order valence-electron chi connectivity index (χ0n) is 62.0. The Morgan fingerprint density at radius 2 is 0.368 bits per heavy atom. The summed E-state index contributed by atoms with van der Waals surface area (Å²) in [5.74, 6) is 0. The standard InChI is InChI=1S/C56H34N2.C55H33N/c1-4-16-40-38(14-1)31-49(44-20-8-6-18-42(40)44)50-34-55(51-32-39-15-2-5-17-41(39)43-19-7-9-21-45(43)51)58-56-47-23-11-10-22-46(47)48(33-52(50)56)35-25-27-37(28-26-35)54-30-29-36-13-3-12-24-53(36)57-54;1-4-18-37-34(15-1)29-48(43-24-10-7-21-40(37)43)50-32-53-51(49-30-35-16-2-5-19-38(35)41-22-8-11-25-44(41)49)33-54(56-55(53)47-28-14-13-27-46(47)50)52-31-36-17-3-6-20-39(36)42-23-9-12-26-45(42)52/h1-34H;1-33H. The zero-order valence-corrected chi connectivity index (χ0v) is 62.0. The number of pyridine rings is 3. The molecule has 3 heterocycles. The van der Waals surface area contributed by atoms with Crippen molar-refractivity contribution in [3.05, 3.63) is 406 Å². The molecule has 0 fully saturated rings. The Hall–Kier alpha value is -15.0. The Morgan fingerprint density at radius 3 is 0.737 bits per heavy atom. The van der Waals surface area contributed by atoms with E-state index in [1.54, 1.807) is 0 Å². The molecule has 0 N–H and O–H groups in total. The van der Waals surface area contributed by atoms with Crippen LogP contribution in [0, 0.1) is 0 Å². The number of aromatic nitrogens is 3. The predicted octanol–water partition coefficient (Wildman–Crippen LogP) is 30.5. The fourth-order valence-corrected chi connectivity index (χ4v) is 18.7. The maximum atomic E-state index is 5.71.